The highest BCUT2D eigenvalue weighted by Gasteiger charge is 2.15. The molecule has 0 saturated carbocycles. The molecule has 0 aromatic carbocycles. The van der Waals surface area contributed by atoms with Gasteiger partial charge in [0.05, 0.1) is 6.20 Å². The number of thiol groups is 1. The highest BCUT2D eigenvalue weighted by Crippen LogP contribution is 2.27. The number of rotatable bonds is 4. The number of nitrogens with zero attached hydrogens (tertiary/aromatic N) is 2. The second kappa shape index (κ2) is 4.42. The maximum Gasteiger partial charge on any atom is 0.0625 e. The minimum absolute atomic E-state index is 0.295. The van der Waals surface area contributed by atoms with Crippen LogP contribution >= 0.6 is 24.4 Å². The van der Waals surface area contributed by atoms with Crippen LogP contribution in [0.2, 0.25) is 0 Å². The van der Waals surface area contributed by atoms with Gasteiger partial charge < -0.3 is 0 Å². The van der Waals surface area contributed by atoms with E-state index in [1.807, 2.05) is 35.9 Å². The molecule has 13 heavy (non-hydrogen) atoms. The molecule has 0 atom stereocenters. The van der Waals surface area contributed by atoms with Gasteiger partial charge in [-0.3, -0.25) is 4.68 Å². The van der Waals surface area contributed by atoms with Crippen LogP contribution in [0.3, 0.4) is 0 Å². The molecule has 0 amide bonds. The Bertz CT molecular complexity index is 268. The van der Waals surface area contributed by atoms with Crippen molar-refractivity contribution in [3.05, 3.63) is 12.4 Å². The van der Waals surface area contributed by atoms with E-state index in [1.54, 1.807) is 0 Å². The van der Waals surface area contributed by atoms with Crippen molar-refractivity contribution in [2.45, 2.75) is 18.7 Å². The zero-order chi connectivity index (χ0) is 9.90. The lowest BCUT2D eigenvalue weighted by molar-refractivity contribution is 0.494. The number of hydrogen-bond donors (Lipinski definition) is 1. The van der Waals surface area contributed by atoms with E-state index in [0.29, 0.717) is 5.41 Å². The van der Waals surface area contributed by atoms with Crippen LogP contribution in [0.4, 0.5) is 0 Å². The summed E-state index contributed by atoms with van der Waals surface area (Å²) in [7, 11) is 1.94. The highest BCUT2D eigenvalue weighted by molar-refractivity contribution is 7.99. The highest BCUT2D eigenvalue weighted by atomic mass is 32.2. The minimum Gasteiger partial charge on any atom is -0.275 e. The Morgan fingerprint density at radius 2 is 2.31 bits per heavy atom. The first kappa shape index (κ1) is 11.0. The van der Waals surface area contributed by atoms with E-state index in [-0.39, 0.29) is 0 Å². The van der Waals surface area contributed by atoms with Crippen LogP contribution in [0.1, 0.15) is 13.8 Å². The standard InChI is InChI=1S/C9H16N2S2/c1-9(2,6-12)7-13-8-4-10-11(3)5-8/h4-5,12H,6-7H2,1-3H3. The summed E-state index contributed by atoms with van der Waals surface area (Å²) in [4.78, 5) is 1.23. The van der Waals surface area contributed by atoms with Crippen molar-refractivity contribution in [2.24, 2.45) is 12.5 Å². The van der Waals surface area contributed by atoms with E-state index >= 15 is 0 Å². The summed E-state index contributed by atoms with van der Waals surface area (Å²) in [5.74, 6) is 2.00. The van der Waals surface area contributed by atoms with Gasteiger partial charge >= 0.3 is 0 Å². The molecular weight excluding hydrogens is 200 g/mol. The topological polar surface area (TPSA) is 17.8 Å². The monoisotopic (exact) mass is 216 g/mol. The fraction of sp³-hybridized carbons (Fsp3) is 0.667. The number of thioether (sulfide) groups is 1. The summed E-state index contributed by atoms with van der Waals surface area (Å²) in [5, 5.41) is 4.12. The third-order valence-electron chi connectivity index (χ3n) is 1.74. The smallest absolute Gasteiger partial charge is 0.0625 e. The summed E-state index contributed by atoms with van der Waals surface area (Å²) in [5.41, 5.74) is 0.295. The van der Waals surface area contributed by atoms with Crippen LogP contribution < -0.4 is 0 Å². The Hall–Kier alpha value is -0.0900. The zero-order valence-electron chi connectivity index (χ0n) is 8.32. The molecule has 0 N–H and O–H groups in total. The third kappa shape index (κ3) is 3.65. The Balaban J connectivity index is 2.43. The molecule has 1 heterocycles. The fourth-order valence-electron chi connectivity index (χ4n) is 0.798. The predicted octanol–water partition coefficient (Wildman–Crippen LogP) is 2.47. The largest absolute Gasteiger partial charge is 0.275 e. The lowest BCUT2D eigenvalue weighted by atomic mass is 10.0. The molecule has 0 aliphatic rings. The van der Waals surface area contributed by atoms with Crippen LogP contribution in [0.25, 0.3) is 0 Å². The maximum absolute atomic E-state index is 4.32. The third-order valence-corrected chi connectivity index (χ3v) is 4.06. The fourth-order valence-corrected chi connectivity index (χ4v) is 2.07. The Morgan fingerprint density at radius 3 is 2.77 bits per heavy atom. The normalized spacial score (nSPS) is 12.0. The van der Waals surface area contributed by atoms with Crippen LogP contribution in [0.15, 0.2) is 17.3 Å². The molecule has 0 unspecified atom stereocenters. The zero-order valence-corrected chi connectivity index (χ0v) is 10.0. The van der Waals surface area contributed by atoms with Gasteiger partial charge in [0.15, 0.2) is 0 Å². The first-order valence-electron chi connectivity index (χ1n) is 4.26. The van der Waals surface area contributed by atoms with E-state index in [9.17, 15) is 0 Å². The number of aromatic nitrogens is 2. The van der Waals surface area contributed by atoms with E-state index in [1.165, 1.54) is 4.90 Å². The quantitative estimate of drug-likeness (QED) is 0.615. The summed E-state index contributed by atoms with van der Waals surface area (Å²) >= 11 is 6.16. The van der Waals surface area contributed by atoms with Gasteiger partial charge in [-0.25, -0.2) is 0 Å². The van der Waals surface area contributed by atoms with E-state index in [0.717, 1.165) is 11.5 Å². The average Bonchev–Trinajstić information content (AvgIpc) is 2.48. The summed E-state index contributed by atoms with van der Waals surface area (Å²) < 4.78 is 1.83. The lowest BCUT2D eigenvalue weighted by Crippen LogP contribution is -2.16. The summed E-state index contributed by atoms with van der Waals surface area (Å²) in [6.07, 6.45) is 3.94. The van der Waals surface area contributed by atoms with Crippen molar-refractivity contribution in [2.75, 3.05) is 11.5 Å². The van der Waals surface area contributed by atoms with Crippen molar-refractivity contribution in [3.8, 4) is 0 Å². The molecule has 0 radical (unpaired) electrons. The number of aryl methyl sites for hydroxylation is 1. The second-order valence-electron chi connectivity index (χ2n) is 3.96. The Morgan fingerprint density at radius 1 is 1.62 bits per heavy atom. The van der Waals surface area contributed by atoms with Gasteiger partial charge in [-0.1, -0.05) is 13.8 Å². The summed E-state index contributed by atoms with van der Waals surface area (Å²) in [6.45, 7) is 4.45. The molecule has 0 spiro atoms. The van der Waals surface area contributed by atoms with Gasteiger partial charge in [0.1, 0.15) is 0 Å². The molecule has 4 heteroatoms. The molecule has 0 aliphatic heterocycles. The Kier molecular flexibility index (Phi) is 3.74. The first-order chi connectivity index (χ1) is 6.03. The van der Waals surface area contributed by atoms with Crippen molar-refractivity contribution < 1.29 is 0 Å². The average molecular weight is 216 g/mol. The first-order valence-corrected chi connectivity index (χ1v) is 5.88. The molecule has 74 valence electrons. The van der Waals surface area contributed by atoms with E-state index in [2.05, 4.69) is 31.6 Å². The van der Waals surface area contributed by atoms with Gasteiger partial charge in [0.2, 0.25) is 0 Å². The molecule has 0 bridgehead atoms. The van der Waals surface area contributed by atoms with Gasteiger partial charge in [0.25, 0.3) is 0 Å². The molecule has 0 saturated heterocycles. The van der Waals surface area contributed by atoms with Gasteiger partial charge in [0, 0.05) is 23.9 Å². The van der Waals surface area contributed by atoms with Crippen molar-refractivity contribution >= 4 is 24.4 Å². The van der Waals surface area contributed by atoms with Crippen molar-refractivity contribution in [1.29, 1.82) is 0 Å². The molecule has 2 nitrogen and oxygen atoms in total. The van der Waals surface area contributed by atoms with E-state index in [4.69, 9.17) is 0 Å². The van der Waals surface area contributed by atoms with Gasteiger partial charge in [-0.05, 0) is 11.2 Å². The molecule has 1 rings (SSSR count). The van der Waals surface area contributed by atoms with Crippen LogP contribution in [0, 0.1) is 5.41 Å². The Labute approximate surface area is 89.5 Å². The van der Waals surface area contributed by atoms with E-state index < -0.39 is 0 Å². The second-order valence-corrected chi connectivity index (χ2v) is 5.33. The minimum atomic E-state index is 0.295. The number of hydrogen-bond acceptors (Lipinski definition) is 3. The van der Waals surface area contributed by atoms with Gasteiger partial charge in [-0.2, -0.15) is 17.7 Å². The SMILES string of the molecule is Cn1cc(SCC(C)(C)CS)cn1. The van der Waals surface area contributed by atoms with Crippen LogP contribution in [-0.2, 0) is 7.05 Å². The molecule has 0 aliphatic carbocycles. The molecule has 1 aromatic heterocycles. The van der Waals surface area contributed by atoms with Crippen LogP contribution in [-0.4, -0.2) is 21.3 Å². The lowest BCUT2D eigenvalue weighted by Gasteiger charge is -2.20. The molecule has 1 aromatic rings. The molecular formula is C9H16N2S2. The molecule has 0 fully saturated rings. The van der Waals surface area contributed by atoms with Crippen molar-refractivity contribution in [3.63, 3.8) is 0 Å². The van der Waals surface area contributed by atoms with Crippen molar-refractivity contribution in [1.82, 2.24) is 9.78 Å². The predicted molar refractivity (Wildman–Crippen MR) is 61.6 cm³/mol. The maximum atomic E-state index is 4.32. The van der Waals surface area contributed by atoms with Crippen LogP contribution in [0.5, 0.6) is 0 Å². The summed E-state index contributed by atoms with van der Waals surface area (Å²) in [6, 6.07) is 0. The van der Waals surface area contributed by atoms with Gasteiger partial charge in [-0.15, -0.1) is 11.8 Å².